The minimum Gasteiger partial charge on any atom is -0.481 e. The van der Waals surface area contributed by atoms with E-state index in [1.54, 1.807) is 10.3 Å². The predicted molar refractivity (Wildman–Crippen MR) is 76.7 cm³/mol. The normalized spacial score (nSPS) is 12.2. The van der Waals surface area contributed by atoms with Crippen LogP contribution in [0.1, 0.15) is 26.5 Å². The van der Waals surface area contributed by atoms with Gasteiger partial charge in [0, 0.05) is 18.5 Å². The van der Waals surface area contributed by atoms with Gasteiger partial charge in [0.25, 0.3) is 0 Å². The number of carboxylic acids is 1. The van der Waals surface area contributed by atoms with Crippen LogP contribution in [0.15, 0.2) is 9.72 Å². The second-order valence-corrected chi connectivity index (χ2v) is 6.39. The largest absolute Gasteiger partial charge is 0.481 e. The van der Waals surface area contributed by atoms with E-state index in [1.807, 2.05) is 20.8 Å². The average Bonchev–Trinajstić information content (AvgIpc) is 2.76. The lowest BCUT2D eigenvalue weighted by Crippen LogP contribution is -2.36. The number of aromatic nitrogens is 1. The maximum absolute atomic E-state index is 12.1. The number of carbonyl (C=O) groups excluding carboxylic acids is 1. The summed E-state index contributed by atoms with van der Waals surface area (Å²) in [7, 11) is 0. The van der Waals surface area contributed by atoms with Crippen molar-refractivity contribution in [2.45, 2.75) is 36.8 Å². The zero-order valence-corrected chi connectivity index (χ0v) is 12.9. The molecule has 1 aromatic rings. The standard InChI is InChI=1S/C12H18N2O3S2/c1-4-14(5-2)11(17)8(3)19-12-13-9(7-18-12)6-10(15)16/h7-8H,4-6H2,1-3H3,(H,15,16). The second-order valence-electron chi connectivity index (χ2n) is 3.95. The lowest BCUT2D eigenvalue weighted by atomic mass is 10.3. The molecule has 1 unspecified atom stereocenters. The van der Waals surface area contributed by atoms with Gasteiger partial charge >= 0.3 is 5.97 Å². The quantitative estimate of drug-likeness (QED) is 0.781. The molecule has 1 N–H and O–H groups in total. The number of thioether (sulfide) groups is 1. The molecule has 1 heterocycles. The van der Waals surface area contributed by atoms with Crippen molar-refractivity contribution >= 4 is 35.0 Å². The highest BCUT2D eigenvalue weighted by Crippen LogP contribution is 2.27. The maximum Gasteiger partial charge on any atom is 0.309 e. The van der Waals surface area contributed by atoms with E-state index >= 15 is 0 Å². The van der Waals surface area contributed by atoms with Crippen LogP contribution in [0, 0.1) is 0 Å². The van der Waals surface area contributed by atoms with E-state index in [4.69, 9.17) is 5.11 Å². The molecule has 0 aliphatic rings. The Morgan fingerprint density at radius 2 is 2.11 bits per heavy atom. The van der Waals surface area contributed by atoms with Gasteiger partial charge in [-0.2, -0.15) is 0 Å². The van der Waals surface area contributed by atoms with E-state index in [9.17, 15) is 9.59 Å². The SMILES string of the molecule is CCN(CC)C(=O)C(C)Sc1nc(CC(=O)O)cs1. The molecule has 1 amide bonds. The van der Waals surface area contributed by atoms with Crippen LogP contribution in [-0.2, 0) is 16.0 Å². The lowest BCUT2D eigenvalue weighted by molar-refractivity contribution is -0.136. The third kappa shape index (κ3) is 4.83. The summed E-state index contributed by atoms with van der Waals surface area (Å²) >= 11 is 2.76. The molecule has 0 radical (unpaired) electrons. The highest BCUT2D eigenvalue weighted by molar-refractivity contribution is 8.02. The van der Waals surface area contributed by atoms with Crippen LogP contribution < -0.4 is 0 Å². The number of thiazole rings is 1. The molecule has 0 aromatic carbocycles. The van der Waals surface area contributed by atoms with E-state index in [0.29, 0.717) is 18.8 Å². The Bertz CT molecular complexity index is 444. The van der Waals surface area contributed by atoms with E-state index in [-0.39, 0.29) is 17.6 Å². The van der Waals surface area contributed by atoms with Crippen molar-refractivity contribution in [2.75, 3.05) is 13.1 Å². The van der Waals surface area contributed by atoms with Gasteiger partial charge < -0.3 is 10.0 Å². The molecule has 0 fully saturated rings. The van der Waals surface area contributed by atoms with E-state index in [1.165, 1.54) is 23.1 Å². The molecule has 7 heteroatoms. The van der Waals surface area contributed by atoms with Gasteiger partial charge in [0.1, 0.15) is 0 Å². The Morgan fingerprint density at radius 1 is 1.47 bits per heavy atom. The van der Waals surface area contributed by atoms with Crippen LogP contribution in [-0.4, -0.2) is 45.2 Å². The Balaban J connectivity index is 2.61. The molecular weight excluding hydrogens is 284 g/mol. The third-order valence-electron chi connectivity index (χ3n) is 2.56. The van der Waals surface area contributed by atoms with Gasteiger partial charge in [0.2, 0.25) is 5.91 Å². The lowest BCUT2D eigenvalue weighted by Gasteiger charge is -2.21. The van der Waals surface area contributed by atoms with Crippen molar-refractivity contribution in [1.29, 1.82) is 0 Å². The summed E-state index contributed by atoms with van der Waals surface area (Å²) in [5, 5.41) is 10.2. The third-order valence-corrected chi connectivity index (χ3v) is 4.67. The first-order valence-corrected chi connectivity index (χ1v) is 7.85. The minimum atomic E-state index is -0.894. The molecule has 0 saturated heterocycles. The first kappa shape index (κ1) is 16.0. The molecule has 0 saturated carbocycles. The summed E-state index contributed by atoms with van der Waals surface area (Å²) in [6, 6.07) is 0. The van der Waals surface area contributed by atoms with Crippen molar-refractivity contribution in [1.82, 2.24) is 9.88 Å². The number of hydrogen-bond donors (Lipinski definition) is 1. The molecule has 1 aromatic heterocycles. The molecule has 19 heavy (non-hydrogen) atoms. The number of hydrogen-bond acceptors (Lipinski definition) is 5. The molecule has 5 nitrogen and oxygen atoms in total. The number of aliphatic carboxylic acids is 1. The van der Waals surface area contributed by atoms with Gasteiger partial charge in [-0.1, -0.05) is 11.8 Å². The van der Waals surface area contributed by atoms with Gasteiger partial charge in [-0.05, 0) is 20.8 Å². The van der Waals surface area contributed by atoms with Crippen LogP contribution in [0.3, 0.4) is 0 Å². The highest BCUT2D eigenvalue weighted by atomic mass is 32.2. The first-order valence-electron chi connectivity index (χ1n) is 6.09. The Kier molecular flexibility index (Phi) is 6.30. The second kappa shape index (κ2) is 7.49. The van der Waals surface area contributed by atoms with Crippen molar-refractivity contribution < 1.29 is 14.7 Å². The van der Waals surface area contributed by atoms with Crippen LogP contribution in [0.5, 0.6) is 0 Å². The van der Waals surface area contributed by atoms with E-state index in [2.05, 4.69) is 4.98 Å². The zero-order chi connectivity index (χ0) is 14.4. The first-order chi connectivity index (χ1) is 8.97. The van der Waals surface area contributed by atoms with Crippen LogP contribution >= 0.6 is 23.1 Å². The fourth-order valence-corrected chi connectivity index (χ4v) is 3.64. The molecule has 106 valence electrons. The van der Waals surface area contributed by atoms with Crippen molar-refractivity contribution in [3.8, 4) is 0 Å². The van der Waals surface area contributed by atoms with Gasteiger partial charge in [-0.15, -0.1) is 11.3 Å². The smallest absolute Gasteiger partial charge is 0.309 e. The molecular formula is C12H18N2O3S2. The molecule has 1 rings (SSSR count). The average molecular weight is 302 g/mol. The minimum absolute atomic E-state index is 0.0740. The summed E-state index contributed by atoms with van der Waals surface area (Å²) in [5.74, 6) is -0.806. The highest BCUT2D eigenvalue weighted by Gasteiger charge is 2.20. The summed E-state index contributed by atoms with van der Waals surface area (Å²) in [6.45, 7) is 7.15. The number of carbonyl (C=O) groups is 2. The monoisotopic (exact) mass is 302 g/mol. The van der Waals surface area contributed by atoms with Crippen molar-refractivity contribution in [3.63, 3.8) is 0 Å². The summed E-state index contributed by atoms with van der Waals surface area (Å²) in [4.78, 5) is 28.6. The number of rotatable bonds is 7. The molecule has 0 aliphatic heterocycles. The van der Waals surface area contributed by atoms with Crippen LogP contribution in [0.4, 0.5) is 0 Å². The predicted octanol–water partition coefficient (Wildman–Crippen LogP) is 2.12. The summed E-state index contributed by atoms with van der Waals surface area (Å²) < 4.78 is 0.740. The maximum atomic E-state index is 12.1. The summed E-state index contributed by atoms with van der Waals surface area (Å²) in [5.41, 5.74) is 0.544. The van der Waals surface area contributed by atoms with Gasteiger partial charge in [-0.3, -0.25) is 9.59 Å². The van der Waals surface area contributed by atoms with Crippen LogP contribution in [0.2, 0.25) is 0 Å². The topological polar surface area (TPSA) is 70.5 Å². The van der Waals surface area contributed by atoms with Gasteiger partial charge in [0.15, 0.2) is 4.34 Å². The van der Waals surface area contributed by atoms with Crippen molar-refractivity contribution in [2.24, 2.45) is 0 Å². The molecule has 1 atom stereocenters. The Morgan fingerprint density at radius 3 is 2.63 bits per heavy atom. The Hall–Kier alpha value is -1.08. The fourth-order valence-electron chi connectivity index (χ4n) is 1.57. The number of nitrogens with zero attached hydrogens (tertiary/aromatic N) is 2. The van der Waals surface area contributed by atoms with Crippen molar-refractivity contribution in [3.05, 3.63) is 11.1 Å². The summed E-state index contributed by atoms with van der Waals surface area (Å²) in [6.07, 6.45) is -0.0740. The van der Waals surface area contributed by atoms with Gasteiger partial charge in [0.05, 0.1) is 17.4 Å². The Labute approximate surface area is 121 Å². The number of carboxylic acid groups (broad SMARTS) is 1. The fraction of sp³-hybridized carbons (Fsp3) is 0.583. The molecule has 0 bridgehead atoms. The number of amides is 1. The molecule has 0 aliphatic carbocycles. The molecule has 0 spiro atoms. The van der Waals surface area contributed by atoms with Crippen LogP contribution in [0.25, 0.3) is 0 Å². The van der Waals surface area contributed by atoms with E-state index < -0.39 is 5.97 Å². The zero-order valence-electron chi connectivity index (χ0n) is 11.3. The van der Waals surface area contributed by atoms with Gasteiger partial charge in [-0.25, -0.2) is 4.98 Å². The van der Waals surface area contributed by atoms with E-state index in [0.717, 1.165) is 4.34 Å².